The number of rotatable bonds is 3. The topological polar surface area (TPSA) is 90.7 Å². The summed E-state index contributed by atoms with van der Waals surface area (Å²) in [7, 11) is 0. The Hall–Kier alpha value is -1.96. The normalized spacial score (nSPS) is 30.1. The fourth-order valence-electron chi connectivity index (χ4n) is 4.40. The Morgan fingerprint density at radius 1 is 1.00 bits per heavy atom. The van der Waals surface area contributed by atoms with Gasteiger partial charge in [0.15, 0.2) is 0 Å². The average molecular weight is 383 g/mol. The summed E-state index contributed by atoms with van der Waals surface area (Å²) in [5.41, 5.74) is 8.81. The van der Waals surface area contributed by atoms with Crippen LogP contribution in [0.15, 0.2) is 18.2 Å². The Balaban J connectivity index is 1.51. The molecule has 1 aromatic rings. The standard InChI is InChI=1S/C21H29N5O2/c1-12-11-25(20(27)13-2-3-13)18-8-15(16-9-24-19(22)10-23-16)6-7-17(18)26(12)21(28)14-4-5-14/h6-8,12-14,16,19,23-24H,2-5,9-11,22H2,1H3/t12-,16?,19?/m0/s1. The van der Waals surface area contributed by atoms with E-state index in [1.165, 1.54) is 0 Å². The highest BCUT2D eigenvalue weighted by molar-refractivity contribution is 6.06. The highest BCUT2D eigenvalue weighted by atomic mass is 16.2. The molecule has 2 unspecified atom stereocenters. The second kappa shape index (κ2) is 6.83. The van der Waals surface area contributed by atoms with Gasteiger partial charge < -0.3 is 20.9 Å². The summed E-state index contributed by atoms with van der Waals surface area (Å²) >= 11 is 0. The summed E-state index contributed by atoms with van der Waals surface area (Å²) in [5.74, 6) is 0.734. The molecule has 5 rings (SSSR count). The SMILES string of the molecule is C[C@H]1CN(C(=O)C2CC2)c2cc(C3CNC(N)CN3)ccc2N1C(=O)C1CC1. The van der Waals surface area contributed by atoms with Crippen molar-refractivity contribution in [3.05, 3.63) is 23.8 Å². The molecule has 7 heteroatoms. The van der Waals surface area contributed by atoms with Gasteiger partial charge in [0.05, 0.1) is 23.6 Å². The lowest BCUT2D eigenvalue weighted by Crippen LogP contribution is -2.54. The second-order valence-electron chi connectivity index (χ2n) is 8.78. The lowest BCUT2D eigenvalue weighted by Gasteiger charge is -2.42. The molecule has 0 radical (unpaired) electrons. The molecule has 0 bridgehead atoms. The number of amides is 2. The molecule has 150 valence electrons. The van der Waals surface area contributed by atoms with Crippen molar-refractivity contribution in [3.63, 3.8) is 0 Å². The molecule has 2 aliphatic carbocycles. The van der Waals surface area contributed by atoms with Gasteiger partial charge in [0.1, 0.15) is 0 Å². The molecule has 2 amide bonds. The van der Waals surface area contributed by atoms with Crippen LogP contribution >= 0.6 is 0 Å². The Morgan fingerprint density at radius 3 is 2.36 bits per heavy atom. The quantitative estimate of drug-likeness (QED) is 0.727. The maximum absolute atomic E-state index is 13.0. The molecule has 0 aromatic heterocycles. The predicted octanol–water partition coefficient (Wildman–Crippen LogP) is 1.09. The zero-order valence-corrected chi connectivity index (χ0v) is 16.4. The van der Waals surface area contributed by atoms with Crippen molar-refractivity contribution < 1.29 is 9.59 Å². The van der Waals surface area contributed by atoms with Gasteiger partial charge in [0.2, 0.25) is 11.8 Å². The Kier molecular flexibility index (Phi) is 4.41. The second-order valence-corrected chi connectivity index (χ2v) is 8.78. The van der Waals surface area contributed by atoms with Crippen LogP contribution in [-0.2, 0) is 9.59 Å². The van der Waals surface area contributed by atoms with Crippen LogP contribution in [0.3, 0.4) is 0 Å². The molecule has 7 nitrogen and oxygen atoms in total. The van der Waals surface area contributed by atoms with Gasteiger partial charge in [-0.3, -0.25) is 14.9 Å². The van der Waals surface area contributed by atoms with E-state index in [9.17, 15) is 9.59 Å². The van der Waals surface area contributed by atoms with Crippen LogP contribution in [0.2, 0.25) is 0 Å². The van der Waals surface area contributed by atoms with Crippen molar-refractivity contribution in [1.82, 2.24) is 10.6 Å². The van der Waals surface area contributed by atoms with Gasteiger partial charge in [-0.1, -0.05) is 6.07 Å². The van der Waals surface area contributed by atoms with Gasteiger partial charge >= 0.3 is 0 Å². The van der Waals surface area contributed by atoms with E-state index in [1.807, 2.05) is 15.9 Å². The first-order valence-electron chi connectivity index (χ1n) is 10.5. The van der Waals surface area contributed by atoms with Gasteiger partial charge in [0, 0.05) is 37.5 Å². The van der Waals surface area contributed by atoms with Gasteiger partial charge in [-0.2, -0.15) is 0 Å². The third-order valence-electron chi connectivity index (χ3n) is 6.36. The minimum absolute atomic E-state index is 0.00150. The van der Waals surface area contributed by atoms with Crippen LogP contribution in [0.5, 0.6) is 0 Å². The van der Waals surface area contributed by atoms with E-state index in [4.69, 9.17) is 5.73 Å². The van der Waals surface area contributed by atoms with Crippen molar-refractivity contribution in [3.8, 4) is 0 Å². The summed E-state index contributed by atoms with van der Waals surface area (Å²) in [6.45, 7) is 4.08. The average Bonchev–Trinajstić information content (AvgIpc) is 3.58. The third kappa shape index (κ3) is 3.21. The fraction of sp³-hybridized carbons (Fsp3) is 0.619. The summed E-state index contributed by atoms with van der Waals surface area (Å²) in [6, 6.07) is 6.37. The molecule has 3 atom stereocenters. The van der Waals surface area contributed by atoms with Crippen molar-refractivity contribution in [2.75, 3.05) is 29.4 Å². The van der Waals surface area contributed by atoms with Crippen LogP contribution in [0.1, 0.15) is 44.2 Å². The molecule has 0 spiro atoms. The number of nitrogens with zero attached hydrogens (tertiary/aromatic N) is 2. The van der Waals surface area contributed by atoms with E-state index < -0.39 is 0 Å². The minimum atomic E-state index is -0.0330. The summed E-state index contributed by atoms with van der Waals surface area (Å²) in [5, 5.41) is 6.77. The first kappa shape index (κ1) is 18.1. The van der Waals surface area contributed by atoms with Gasteiger partial charge in [-0.05, 0) is 50.3 Å². The zero-order chi connectivity index (χ0) is 19.4. The number of carbonyl (C=O) groups excluding carboxylic acids is 2. The van der Waals surface area contributed by atoms with Gasteiger partial charge in [0.25, 0.3) is 0 Å². The molecule has 4 N–H and O–H groups in total. The lowest BCUT2D eigenvalue weighted by molar-refractivity contribution is -0.122. The number of carbonyl (C=O) groups is 2. The van der Waals surface area contributed by atoms with E-state index in [1.54, 1.807) is 0 Å². The highest BCUT2D eigenvalue weighted by Crippen LogP contribution is 2.43. The lowest BCUT2D eigenvalue weighted by atomic mass is 9.99. The minimum Gasteiger partial charge on any atom is -0.315 e. The number of piperazine rings is 1. The molecule has 2 heterocycles. The highest BCUT2D eigenvalue weighted by Gasteiger charge is 2.43. The molecule has 2 saturated carbocycles. The number of nitrogens with two attached hydrogens (primary N) is 1. The summed E-state index contributed by atoms with van der Waals surface area (Å²) < 4.78 is 0. The summed E-state index contributed by atoms with van der Waals surface area (Å²) in [4.78, 5) is 29.8. The number of anilines is 2. The Labute approximate surface area is 165 Å². The molecule has 2 aliphatic heterocycles. The molecular weight excluding hydrogens is 354 g/mol. The van der Waals surface area contributed by atoms with Gasteiger partial charge in [-0.25, -0.2) is 0 Å². The van der Waals surface area contributed by atoms with E-state index in [0.717, 1.165) is 49.2 Å². The first-order chi connectivity index (χ1) is 13.5. The zero-order valence-electron chi connectivity index (χ0n) is 16.4. The van der Waals surface area contributed by atoms with E-state index in [0.29, 0.717) is 13.1 Å². The monoisotopic (exact) mass is 383 g/mol. The number of nitrogens with one attached hydrogen (secondary N) is 2. The number of benzene rings is 1. The largest absolute Gasteiger partial charge is 0.315 e. The third-order valence-corrected chi connectivity index (χ3v) is 6.36. The summed E-state index contributed by atoms with van der Waals surface area (Å²) in [6.07, 6.45) is 3.90. The van der Waals surface area contributed by atoms with Crippen molar-refractivity contribution in [2.24, 2.45) is 17.6 Å². The predicted molar refractivity (Wildman–Crippen MR) is 108 cm³/mol. The van der Waals surface area contributed by atoms with Crippen molar-refractivity contribution in [2.45, 2.75) is 50.9 Å². The number of fused-ring (bicyclic) bond motifs is 1. The maximum Gasteiger partial charge on any atom is 0.230 e. The maximum atomic E-state index is 13.0. The Morgan fingerprint density at radius 2 is 1.71 bits per heavy atom. The van der Waals surface area contributed by atoms with Crippen LogP contribution in [0.25, 0.3) is 0 Å². The van der Waals surface area contributed by atoms with Crippen LogP contribution in [0.4, 0.5) is 11.4 Å². The fourth-order valence-corrected chi connectivity index (χ4v) is 4.40. The molecule has 28 heavy (non-hydrogen) atoms. The molecular formula is C21H29N5O2. The van der Waals surface area contributed by atoms with E-state index >= 15 is 0 Å². The van der Waals surface area contributed by atoms with Crippen molar-refractivity contribution >= 4 is 23.2 Å². The molecule has 4 aliphatic rings. The van der Waals surface area contributed by atoms with Crippen LogP contribution in [-0.4, -0.2) is 43.7 Å². The number of hydrogen-bond acceptors (Lipinski definition) is 5. The molecule has 1 saturated heterocycles. The molecule has 3 fully saturated rings. The first-order valence-corrected chi connectivity index (χ1v) is 10.5. The molecule has 1 aromatic carbocycles. The Bertz CT molecular complexity index is 796. The van der Waals surface area contributed by atoms with Crippen LogP contribution in [0, 0.1) is 11.8 Å². The van der Waals surface area contributed by atoms with E-state index in [-0.39, 0.29) is 41.9 Å². The van der Waals surface area contributed by atoms with Crippen molar-refractivity contribution in [1.29, 1.82) is 0 Å². The van der Waals surface area contributed by atoms with E-state index in [2.05, 4.69) is 29.7 Å². The smallest absolute Gasteiger partial charge is 0.230 e. The van der Waals surface area contributed by atoms with Gasteiger partial charge in [-0.15, -0.1) is 0 Å². The number of hydrogen-bond donors (Lipinski definition) is 3. The van der Waals surface area contributed by atoms with Crippen LogP contribution < -0.4 is 26.2 Å².